The Morgan fingerprint density at radius 3 is 2.63 bits per heavy atom. The van der Waals surface area contributed by atoms with E-state index >= 15 is 0 Å². The van der Waals surface area contributed by atoms with Crippen molar-refractivity contribution in [2.45, 2.75) is 19.9 Å². The van der Waals surface area contributed by atoms with Gasteiger partial charge in [-0.25, -0.2) is 4.39 Å². The zero-order valence-corrected chi connectivity index (χ0v) is 11.2. The summed E-state index contributed by atoms with van der Waals surface area (Å²) in [5.74, 6) is -1.27. The highest BCUT2D eigenvalue weighted by Gasteiger charge is 2.11. The normalized spacial score (nSPS) is 11.8. The van der Waals surface area contributed by atoms with Crippen molar-refractivity contribution in [2.75, 3.05) is 18.9 Å². The minimum Gasteiger partial charge on any atom is -0.350 e. The Balaban J connectivity index is 2.77. The first kappa shape index (κ1) is 15.1. The van der Waals surface area contributed by atoms with Crippen LogP contribution in [0.5, 0.6) is 0 Å². The fraction of sp³-hybridized carbons (Fsp3) is 0.385. The maximum Gasteiger partial charge on any atom is 0.251 e. The van der Waals surface area contributed by atoms with E-state index in [0.29, 0.717) is 12.1 Å². The summed E-state index contributed by atoms with van der Waals surface area (Å²) in [6.45, 7) is 3.66. The van der Waals surface area contributed by atoms with Gasteiger partial charge < -0.3 is 16.0 Å². The van der Waals surface area contributed by atoms with Crippen molar-refractivity contribution in [3.63, 3.8) is 0 Å². The molecule has 0 spiro atoms. The highest BCUT2D eigenvalue weighted by molar-refractivity contribution is 5.96. The van der Waals surface area contributed by atoms with E-state index in [0.717, 1.165) is 6.07 Å². The van der Waals surface area contributed by atoms with Crippen LogP contribution < -0.4 is 16.0 Å². The molecule has 1 rings (SSSR count). The molecule has 3 N–H and O–H groups in total. The number of hydrogen-bond donors (Lipinski definition) is 3. The number of amides is 2. The van der Waals surface area contributed by atoms with Crippen LogP contribution in [0.3, 0.4) is 0 Å². The summed E-state index contributed by atoms with van der Waals surface area (Å²) >= 11 is 0. The van der Waals surface area contributed by atoms with Gasteiger partial charge in [0.05, 0.1) is 5.69 Å². The summed E-state index contributed by atoms with van der Waals surface area (Å²) in [6, 6.07) is 3.98. The number of likely N-dealkylation sites (N-methyl/N-ethyl adjacent to an activating group) is 1. The monoisotopic (exact) mass is 267 g/mol. The number of benzene rings is 1. The van der Waals surface area contributed by atoms with Crippen LogP contribution in [0.4, 0.5) is 10.1 Å². The van der Waals surface area contributed by atoms with Crippen molar-refractivity contribution in [2.24, 2.45) is 0 Å². The zero-order valence-electron chi connectivity index (χ0n) is 11.2. The van der Waals surface area contributed by atoms with Crippen molar-refractivity contribution < 1.29 is 14.0 Å². The molecule has 0 aliphatic rings. The molecule has 19 heavy (non-hydrogen) atoms. The van der Waals surface area contributed by atoms with Gasteiger partial charge in [0.2, 0.25) is 5.91 Å². The fourth-order valence-corrected chi connectivity index (χ4v) is 1.40. The van der Waals surface area contributed by atoms with Crippen molar-refractivity contribution in [3.05, 3.63) is 29.6 Å². The Morgan fingerprint density at radius 1 is 1.37 bits per heavy atom. The lowest BCUT2D eigenvalue weighted by molar-refractivity contribution is -0.114. The molecule has 1 aromatic carbocycles. The van der Waals surface area contributed by atoms with Gasteiger partial charge in [-0.05, 0) is 32.2 Å². The van der Waals surface area contributed by atoms with Crippen LogP contribution in [0.15, 0.2) is 18.2 Å². The number of anilines is 1. The third-order valence-electron chi connectivity index (χ3n) is 2.60. The molecular formula is C13H18FN3O2. The topological polar surface area (TPSA) is 70.2 Å². The average molecular weight is 267 g/mol. The van der Waals surface area contributed by atoms with E-state index in [1.165, 1.54) is 19.1 Å². The number of halogens is 1. The van der Waals surface area contributed by atoms with Crippen LogP contribution in [-0.4, -0.2) is 31.4 Å². The van der Waals surface area contributed by atoms with Crippen LogP contribution in [0.2, 0.25) is 0 Å². The van der Waals surface area contributed by atoms with Crippen molar-refractivity contribution in [1.82, 2.24) is 10.6 Å². The maximum absolute atomic E-state index is 13.4. The highest BCUT2D eigenvalue weighted by Crippen LogP contribution is 2.16. The van der Waals surface area contributed by atoms with Gasteiger partial charge >= 0.3 is 0 Å². The molecule has 0 saturated heterocycles. The molecule has 5 nitrogen and oxygen atoms in total. The van der Waals surface area contributed by atoms with E-state index in [2.05, 4.69) is 16.0 Å². The summed E-state index contributed by atoms with van der Waals surface area (Å²) in [5, 5.41) is 8.04. The quantitative estimate of drug-likeness (QED) is 0.748. The molecule has 1 atom stereocenters. The van der Waals surface area contributed by atoms with Gasteiger partial charge in [0.1, 0.15) is 5.82 Å². The molecule has 0 aromatic heterocycles. The first-order valence-corrected chi connectivity index (χ1v) is 5.96. The third-order valence-corrected chi connectivity index (χ3v) is 2.60. The van der Waals surface area contributed by atoms with Crippen LogP contribution >= 0.6 is 0 Å². The lowest BCUT2D eigenvalue weighted by Crippen LogP contribution is -2.37. The highest BCUT2D eigenvalue weighted by atomic mass is 19.1. The number of carbonyl (C=O) groups excluding carboxylic acids is 2. The molecule has 0 saturated carbocycles. The average Bonchev–Trinajstić information content (AvgIpc) is 2.37. The van der Waals surface area contributed by atoms with E-state index in [4.69, 9.17) is 0 Å². The van der Waals surface area contributed by atoms with Crippen molar-refractivity contribution >= 4 is 17.5 Å². The molecule has 104 valence electrons. The lowest BCUT2D eigenvalue weighted by atomic mass is 10.1. The Hall–Kier alpha value is -1.95. The zero-order chi connectivity index (χ0) is 14.4. The Bertz CT molecular complexity index is 477. The number of nitrogens with one attached hydrogen (secondary N) is 3. The third kappa shape index (κ3) is 4.67. The van der Waals surface area contributed by atoms with E-state index < -0.39 is 5.82 Å². The van der Waals surface area contributed by atoms with Gasteiger partial charge in [0.25, 0.3) is 5.91 Å². The predicted molar refractivity (Wildman–Crippen MR) is 71.6 cm³/mol. The molecule has 0 aliphatic heterocycles. The van der Waals surface area contributed by atoms with E-state index in [1.807, 2.05) is 6.92 Å². The SMILES string of the molecule is CNC(C)CNC(=O)c1ccc(F)c(NC(C)=O)c1. The maximum atomic E-state index is 13.4. The Labute approximate surface area is 111 Å². The molecule has 0 aliphatic carbocycles. The van der Waals surface area contributed by atoms with Crippen LogP contribution in [0.25, 0.3) is 0 Å². The number of carbonyl (C=O) groups is 2. The smallest absolute Gasteiger partial charge is 0.251 e. The molecule has 0 heterocycles. The lowest BCUT2D eigenvalue weighted by Gasteiger charge is -2.12. The van der Waals surface area contributed by atoms with Gasteiger partial charge in [-0.3, -0.25) is 9.59 Å². The molecule has 0 fully saturated rings. The molecule has 2 amide bonds. The summed E-state index contributed by atoms with van der Waals surface area (Å²) in [6.07, 6.45) is 0. The molecule has 1 unspecified atom stereocenters. The number of rotatable bonds is 5. The van der Waals surface area contributed by atoms with Gasteiger partial charge in [0.15, 0.2) is 0 Å². The van der Waals surface area contributed by atoms with Crippen LogP contribution in [0.1, 0.15) is 24.2 Å². The first-order chi connectivity index (χ1) is 8.93. The molecule has 1 aromatic rings. The van der Waals surface area contributed by atoms with Crippen molar-refractivity contribution in [1.29, 1.82) is 0 Å². The largest absolute Gasteiger partial charge is 0.350 e. The van der Waals surface area contributed by atoms with Gasteiger partial charge in [-0.2, -0.15) is 0 Å². The second-order valence-electron chi connectivity index (χ2n) is 4.28. The van der Waals surface area contributed by atoms with Crippen LogP contribution in [0, 0.1) is 5.82 Å². The second-order valence-corrected chi connectivity index (χ2v) is 4.28. The van der Waals surface area contributed by atoms with Crippen molar-refractivity contribution in [3.8, 4) is 0 Å². The van der Waals surface area contributed by atoms with Gasteiger partial charge in [-0.15, -0.1) is 0 Å². The van der Waals surface area contributed by atoms with E-state index in [9.17, 15) is 14.0 Å². The summed E-state index contributed by atoms with van der Waals surface area (Å²) in [5.41, 5.74) is 0.301. The molecule has 0 bridgehead atoms. The summed E-state index contributed by atoms with van der Waals surface area (Å²) in [4.78, 5) is 22.8. The van der Waals surface area contributed by atoms with Gasteiger partial charge in [-0.1, -0.05) is 0 Å². The summed E-state index contributed by atoms with van der Waals surface area (Å²) in [7, 11) is 1.80. The Kier molecular flexibility index (Phi) is 5.44. The number of hydrogen-bond acceptors (Lipinski definition) is 3. The second kappa shape index (κ2) is 6.84. The summed E-state index contributed by atoms with van der Waals surface area (Å²) < 4.78 is 13.4. The molecule has 0 radical (unpaired) electrons. The fourth-order valence-electron chi connectivity index (χ4n) is 1.40. The predicted octanol–water partition coefficient (Wildman–Crippen LogP) is 1.12. The minimum atomic E-state index is -0.574. The molecule has 6 heteroatoms. The van der Waals surface area contributed by atoms with E-state index in [-0.39, 0.29) is 23.5 Å². The first-order valence-electron chi connectivity index (χ1n) is 5.96. The van der Waals surface area contributed by atoms with Gasteiger partial charge in [0, 0.05) is 25.1 Å². The Morgan fingerprint density at radius 2 is 2.05 bits per heavy atom. The van der Waals surface area contributed by atoms with E-state index in [1.54, 1.807) is 7.05 Å². The minimum absolute atomic E-state index is 0.00168. The molecular weight excluding hydrogens is 249 g/mol. The standard InChI is InChI=1S/C13H18FN3O2/c1-8(15-3)7-16-13(19)10-4-5-11(14)12(6-10)17-9(2)18/h4-6,8,15H,7H2,1-3H3,(H,16,19)(H,17,18). The van der Waals surface area contributed by atoms with Crippen LogP contribution in [-0.2, 0) is 4.79 Å².